The Hall–Kier alpha value is -2.99. The molecule has 1 amide bonds. The molecule has 2 atom stereocenters. The zero-order valence-electron chi connectivity index (χ0n) is 17.5. The van der Waals surface area contributed by atoms with Crippen molar-refractivity contribution in [1.82, 2.24) is 20.4 Å². The summed E-state index contributed by atoms with van der Waals surface area (Å²) in [7, 11) is 0. The van der Waals surface area contributed by atoms with Gasteiger partial charge in [0.2, 0.25) is 17.7 Å². The molecule has 1 N–H and O–H groups in total. The molecule has 156 valence electrons. The molecule has 4 rings (SSSR count). The second-order valence-electron chi connectivity index (χ2n) is 8.00. The van der Waals surface area contributed by atoms with Crippen LogP contribution in [0.15, 0.2) is 59.0 Å². The van der Waals surface area contributed by atoms with E-state index in [0.29, 0.717) is 30.7 Å². The summed E-state index contributed by atoms with van der Waals surface area (Å²) in [5.41, 5.74) is 3.38. The van der Waals surface area contributed by atoms with Crippen LogP contribution < -0.4 is 5.32 Å². The monoisotopic (exact) mass is 404 g/mol. The third-order valence-corrected chi connectivity index (χ3v) is 5.75. The normalized spacial score (nSPS) is 17.7. The topological polar surface area (TPSA) is 71.3 Å². The first kappa shape index (κ1) is 20.3. The standard InChI is InChI=1S/C24H28N4O2/c1-17-8-10-20(11-9-17)24-27-26-23(30-24)13-12-22(29)25-21-14-15-28(16-21)18(2)19-6-4-3-5-7-19/h3-11,18,21H,12-16H2,1-2H3,(H,25,29). The van der Waals surface area contributed by atoms with Crippen LogP contribution in [0, 0.1) is 6.92 Å². The van der Waals surface area contributed by atoms with Gasteiger partial charge in [-0.15, -0.1) is 10.2 Å². The Morgan fingerprint density at radius 3 is 2.70 bits per heavy atom. The van der Waals surface area contributed by atoms with Crippen LogP contribution >= 0.6 is 0 Å². The lowest BCUT2D eigenvalue weighted by molar-refractivity contribution is -0.121. The minimum absolute atomic E-state index is 0.0318. The molecular formula is C24H28N4O2. The largest absolute Gasteiger partial charge is 0.421 e. The quantitative estimate of drug-likeness (QED) is 0.646. The number of hydrogen-bond acceptors (Lipinski definition) is 5. The molecule has 0 radical (unpaired) electrons. The van der Waals surface area contributed by atoms with Crippen LogP contribution in [0.1, 0.15) is 42.8 Å². The zero-order chi connectivity index (χ0) is 20.9. The fraction of sp³-hybridized carbons (Fsp3) is 0.375. The van der Waals surface area contributed by atoms with Gasteiger partial charge in [-0.1, -0.05) is 48.0 Å². The number of nitrogens with one attached hydrogen (secondary N) is 1. The van der Waals surface area contributed by atoms with Gasteiger partial charge in [-0.2, -0.15) is 0 Å². The zero-order valence-corrected chi connectivity index (χ0v) is 17.5. The van der Waals surface area contributed by atoms with E-state index in [1.807, 2.05) is 37.3 Å². The van der Waals surface area contributed by atoms with Gasteiger partial charge in [-0.25, -0.2) is 0 Å². The molecule has 1 saturated heterocycles. The van der Waals surface area contributed by atoms with Crippen molar-refractivity contribution in [3.8, 4) is 11.5 Å². The van der Waals surface area contributed by atoms with Crippen LogP contribution in [0.2, 0.25) is 0 Å². The molecule has 6 heteroatoms. The number of rotatable bonds is 7. The van der Waals surface area contributed by atoms with Crippen LogP contribution in [-0.2, 0) is 11.2 Å². The number of likely N-dealkylation sites (tertiary alicyclic amines) is 1. The molecule has 1 aliphatic heterocycles. The summed E-state index contributed by atoms with van der Waals surface area (Å²) in [6.07, 6.45) is 1.77. The number of amides is 1. The van der Waals surface area contributed by atoms with Crippen LogP contribution in [0.5, 0.6) is 0 Å². The van der Waals surface area contributed by atoms with Gasteiger partial charge in [0.15, 0.2) is 0 Å². The Balaban J connectivity index is 1.24. The highest BCUT2D eigenvalue weighted by Gasteiger charge is 2.27. The molecule has 0 spiro atoms. The first-order valence-corrected chi connectivity index (χ1v) is 10.6. The van der Waals surface area contributed by atoms with Gasteiger partial charge < -0.3 is 9.73 Å². The maximum Gasteiger partial charge on any atom is 0.247 e. The molecule has 1 fully saturated rings. The summed E-state index contributed by atoms with van der Waals surface area (Å²) >= 11 is 0. The number of carbonyl (C=O) groups excluding carboxylic acids is 1. The number of hydrogen-bond donors (Lipinski definition) is 1. The number of nitrogens with zero attached hydrogens (tertiary/aromatic N) is 3. The van der Waals surface area contributed by atoms with Gasteiger partial charge in [-0.05, 0) is 38.0 Å². The summed E-state index contributed by atoms with van der Waals surface area (Å²) in [4.78, 5) is 14.8. The van der Waals surface area contributed by atoms with Crippen molar-refractivity contribution in [2.24, 2.45) is 0 Å². The number of carbonyl (C=O) groups is 1. The summed E-state index contributed by atoms with van der Waals surface area (Å²) in [6.45, 7) is 6.12. The van der Waals surface area contributed by atoms with E-state index in [1.54, 1.807) is 0 Å². The molecular weight excluding hydrogens is 376 g/mol. The summed E-state index contributed by atoms with van der Waals surface area (Å²) in [5, 5.41) is 11.3. The Morgan fingerprint density at radius 1 is 1.17 bits per heavy atom. The van der Waals surface area contributed by atoms with Gasteiger partial charge >= 0.3 is 0 Å². The van der Waals surface area contributed by atoms with Gasteiger partial charge in [-0.3, -0.25) is 9.69 Å². The molecule has 30 heavy (non-hydrogen) atoms. The van der Waals surface area contributed by atoms with E-state index in [-0.39, 0.29) is 11.9 Å². The van der Waals surface area contributed by atoms with E-state index in [9.17, 15) is 4.79 Å². The lowest BCUT2D eigenvalue weighted by Crippen LogP contribution is -2.37. The molecule has 2 aromatic carbocycles. The molecule has 0 aliphatic carbocycles. The van der Waals surface area contributed by atoms with Crippen molar-refractivity contribution in [2.75, 3.05) is 13.1 Å². The number of aromatic nitrogens is 2. The van der Waals surface area contributed by atoms with Crippen molar-refractivity contribution in [3.63, 3.8) is 0 Å². The maximum absolute atomic E-state index is 12.4. The number of aryl methyl sites for hydroxylation is 2. The van der Waals surface area contributed by atoms with Crippen molar-refractivity contribution in [3.05, 3.63) is 71.6 Å². The van der Waals surface area contributed by atoms with E-state index >= 15 is 0 Å². The molecule has 1 aromatic heterocycles. The Bertz CT molecular complexity index is 968. The van der Waals surface area contributed by atoms with Crippen molar-refractivity contribution < 1.29 is 9.21 Å². The molecule has 6 nitrogen and oxygen atoms in total. The van der Waals surface area contributed by atoms with Crippen LogP contribution in [0.3, 0.4) is 0 Å². The van der Waals surface area contributed by atoms with E-state index < -0.39 is 0 Å². The fourth-order valence-electron chi connectivity index (χ4n) is 3.89. The van der Waals surface area contributed by atoms with Gasteiger partial charge in [0.05, 0.1) is 0 Å². The molecule has 0 bridgehead atoms. The maximum atomic E-state index is 12.4. The van der Waals surface area contributed by atoms with Gasteiger partial charge in [0.1, 0.15) is 0 Å². The third-order valence-electron chi connectivity index (χ3n) is 5.75. The molecule has 1 aliphatic rings. The Morgan fingerprint density at radius 2 is 1.93 bits per heavy atom. The number of benzene rings is 2. The van der Waals surface area contributed by atoms with Gasteiger partial charge in [0.25, 0.3) is 0 Å². The Labute approximate surface area is 177 Å². The first-order valence-electron chi connectivity index (χ1n) is 10.6. The molecule has 0 saturated carbocycles. The van der Waals surface area contributed by atoms with E-state index in [1.165, 1.54) is 11.1 Å². The van der Waals surface area contributed by atoms with E-state index in [4.69, 9.17) is 4.42 Å². The molecule has 3 aromatic rings. The van der Waals surface area contributed by atoms with Crippen molar-refractivity contribution >= 4 is 5.91 Å². The lowest BCUT2D eigenvalue weighted by atomic mass is 10.1. The average molecular weight is 405 g/mol. The highest BCUT2D eigenvalue weighted by atomic mass is 16.4. The minimum Gasteiger partial charge on any atom is -0.421 e. The van der Waals surface area contributed by atoms with Crippen LogP contribution in [0.25, 0.3) is 11.5 Å². The predicted octanol–water partition coefficient (Wildman–Crippen LogP) is 3.93. The summed E-state index contributed by atoms with van der Waals surface area (Å²) in [5.74, 6) is 1.02. The predicted molar refractivity (Wildman–Crippen MR) is 116 cm³/mol. The van der Waals surface area contributed by atoms with Gasteiger partial charge in [0, 0.05) is 43.6 Å². The highest BCUT2D eigenvalue weighted by molar-refractivity contribution is 5.76. The molecule has 2 unspecified atom stereocenters. The second kappa shape index (κ2) is 9.22. The van der Waals surface area contributed by atoms with Crippen LogP contribution in [-0.4, -0.2) is 40.1 Å². The third kappa shape index (κ3) is 4.94. The SMILES string of the molecule is Cc1ccc(-c2nnc(CCC(=O)NC3CCN(C(C)c4ccccc4)C3)o2)cc1. The average Bonchev–Trinajstić information content (AvgIpc) is 3.43. The lowest BCUT2D eigenvalue weighted by Gasteiger charge is -2.24. The summed E-state index contributed by atoms with van der Waals surface area (Å²) < 4.78 is 5.72. The second-order valence-corrected chi connectivity index (χ2v) is 8.00. The minimum atomic E-state index is 0.0318. The highest BCUT2D eigenvalue weighted by Crippen LogP contribution is 2.24. The van der Waals surface area contributed by atoms with Crippen molar-refractivity contribution in [2.45, 2.75) is 45.2 Å². The van der Waals surface area contributed by atoms with Crippen molar-refractivity contribution in [1.29, 1.82) is 0 Å². The molecule has 2 heterocycles. The smallest absolute Gasteiger partial charge is 0.247 e. The fourth-order valence-corrected chi connectivity index (χ4v) is 3.89. The first-order chi connectivity index (χ1) is 14.6. The Kier molecular flexibility index (Phi) is 6.23. The van der Waals surface area contributed by atoms with E-state index in [0.717, 1.165) is 25.1 Å². The van der Waals surface area contributed by atoms with Crippen LogP contribution in [0.4, 0.5) is 0 Å². The summed E-state index contributed by atoms with van der Waals surface area (Å²) in [6, 6.07) is 19.0. The van der Waals surface area contributed by atoms with E-state index in [2.05, 4.69) is 51.6 Å².